The first-order chi connectivity index (χ1) is 8.56. The van der Waals surface area contributed by atoms with Crippen molar-refractivity contribution < 1.29 is 9.90 Å². The lowest BCUT2D eigenvalue weighted by atomic mass is 10.1. The van der Waals surface area contributed by atoms with Gasteiger partial charge in [0.25, 0.3) is 0 Å². The largest absolute Gasteiger partial charge is 0.477 e. The number of nitrogens with one attached hydrogen (secondary N) is 1. The Bertz CT molecular complexity index is 423. The number of nitrogens with zero attached hydrogens (tertiary/aromatic N) is 1. The van der Waals surface area contributed by atoms with E-state index in [1.54, 1.807) is 0 Å². The van der Waals surface area contributed by atoms with Crippen molar-refractivity contribution in [2.24, 2.45) is 5.92 Å². The van der Waals surface area contributed by atoms with Crippen LogP contribution in [0.4, 0.5) is 0 Å². The molecule has 1 unspecified atom stereocenters. The molecule has 18 heavy (non-hydrogen) atoms. The van der Waals surface area contributed by atoms with Gasteiger partial charge in [0.1, 0.15) is 4.88 Å². The van der Waals surface area contributed by atoms with Gasteiger partial charge in [-0.15, -0.1) is 11.3 Å². The van der Waals surface area contributed by atoms with E-state index < -0.39 is 5.97 Å². The second kappa shape index (κ2) is 5.80. The van der Waals surface area contributed by atoms with Gasteiger partial charge in [0.15, 0.2) is 0 Å². The van der Waals surface area contributed by atoms with Gasteiger partial charge in [-0.05, 0) is 31.7 Å². The van der Waals surface area contributed by atoms with E-state index in [-0.39, 0.29) is 0 Å². The third kappa shape index (κ3) is 3.29. The summed E-state index contributed by atoms with van der Waals surface area (Å²) in [4.78, 5) is 16.2. The van der Waals surface area contributed by atoms with Gasteiger partial charge in [-0.3, -0.25) is 0 Å². The molecule has 2 N–H and O–H groups in total. The lowest BCUT2D eigenvalue weighted by Gasteiger charge is -2.06. The molecule has 1 aromatic rings. The fourth-order valence-electron chi connectivity index (χ4n) is 2.32. The summed E-state index contributed by atoms with van der Waals surface area (Å²) in [5.41, 5.74) is 0.760. The van der Waals surface area contributed by atoms with Crippen molar-refractivity contribution in [3.63, 3.8) is 0 Å². The number of hydrogen-bond acceptors (Lipinski definition) is 4. The Morgan fingerprint density at radius 2 is 2.39 bits per heavy atom. The van der Waals surface area contributed by atoms with Crippen molar-refractivity contribution in [3.05, 3.63) is 15.6 Å². The Kier molecular flexibility index (Phi) is 4.35. The summed E-state index contributed by atoms with van der Waals surface area (Å²) in [6, 6.07) is 0.477. The molecule has 1 aliphatic heterocycles. The average molecular weight is 268 g/mol. The predicted octanol–water partition coefficient (Wildman–Crippen LogP) is 2.33. The Balaban J connectivity index is 2.13. The zero-order valence-electron chi connectivity index (χ0n) is 10.9. The van der Waals surface area contributed by atoms with Gasteiger partial charge in [-0.25, -0.2) is 9.78 Å². The SMILES string of the molecule is CC(C)Cc1nc(CC2CCCN2)sc1C(=O)O. The minimum atomic E-state index is -0.839. The van der Waals surface area contributed by atoms with Crippen LogP contribution < -0.4 is 5.32 Å². The van der Waals surface area contributed by atoms with Crippen molar-refractivity contribution in [1.82, 2.24) is 10.3 Å². The number of rotatable bonds is 5. The number of aromatic carboxylic acids is 1. The summed E-state index contributed by atoms with van der Waals surface area (Å²) in [5, 5.41) is 13.6. The first-order valence-electron chi connectivity index (χ1n) is 6.51. The van der Waals surface area contributed by atoms with Crippen LogP contribution in [-0.4, -0.2) is 28.6 Å². The van der Waals surface area contributed by atoms with Crippen molar-refractivity contribution in [3.8, 4) is 0 Å². The molecule has 4 nitrogen and oxygen atoms in total. The third-order valence-corrected chi connectivity index (χ3v) is 4.23. The number of carbonyl (C=O) groups is 1. The summed E-state index contributed by atoms with van der Waals surface area (Å²) < 4.78 is 0. The van der Waals surface area contributed by atoms with E-state index in [1.807, 2.05) is 0 Å². The van der Waals surface area contributed by atoms with Crippen LogP contribution in [-0.2, 0) is 12.8 Å². The van der Waals surface area contributed by atoms with Gasteiger partial charge in [-0.2, -0.15) is 0 Å². The number of carboxylic acids is 1. The van der Waals surface area contributed by atoms with Crippen LogP contribution >= 0.6 is 11.3 Å². The molecule has 1 saturated heterocycles. The molecule has 0 amide bonds. The Morgan fingerprint density at radius 3 is 2.94 bits per heavy atom. The van der Waals surface area contributed by atoms with Gasteiger partial charge in [0.05, 0.1) is 10.7 Å². The number of aromatic nitrogens is 1. The molecule has 0 saturated carbocycles. The Hall–Kier alpha value is -0.940. The molecule has 1 atom stereocenters. The van der Waals surface area contributed by atoms with Gasteiger partial charge < -0.3 is 10.4 Å². The molecule has 1 aliphatic rings. The standard InChI is InChI=1S/C13H20N2O2S/c1-8(2)6-10-12(13(16)17)18-11(15-10)7-9-4-3-5-14-9/h8-9,14H,3-7H2,1-2H3,(H,16,17). The van der Waals surface area contributed by atoms with Crippen LogP contribution in [0.1, 0.15) is 47.1 Å². The van der Waals surface area contributed by atoms with Gasteiger partial charge in [-0.1, -0.05) is 13.8 Å². The highest BCUT2D eigenvalue weighted by atomic mass is 32.1. The lowest BCUT2D eigenvalue weighted by Crippen LogP contribution is -2.23. The smallest absolute Gasteiger partial charge is 0.347 e. The Labute approximate surface area is 111 Å². The maximum absolute atomic E-state index is 11.2. The Morgan fingerprint density at radius 1 is 1.61 bits per heavy atom. The zero-order valence-corrected chi connectivity index (χ0v) is 11.7. The normalized spacial score (nSPS) is 19.6. The van der Waals surface area contributed by atoms with Gasteiger partial charge >= 0.3 is 5.97 Å². The van der Waals surface area contributed by atoms with E-state index in [0.29, 0.717) is 16.8 Å². The first kappa shape index (κ1) is 13.5. The molecular formula is C13H20N2O2S. The first-order valence-corrected chi connectivity index (χ1v) is 7.33. The molecule has 5 heteroatoms. The molecule has 0 spiro atoms. The van der Waals surface area contributed by atoms with E-state index in [4.69, 9.17) is 0 Å². The van der Waals surface area contributed by atoms with Crippen LogP contribution in [0, 0.1) is 5.92 Å². The van der Waals surface area contributed by atoms with Crippen LogP contribution in [0.5, 0.6) is 0 Å². The van der Waals surface area contributed by atoms with Gasteiger partial charge in [0, 0.05) is 12.5 Å². The maximum Gasteiger partial charge on any atom is 0.347 e. The number of hydrogen-bond donors (Lipinski definition) is 2. The molecule has 0 aliphatic carbocycles. The van der Waals surface area contributed by atoms with E-state index in [9.17, 15) is 9.90 Å². The monoisotopic (exact) mass is 268 g/mol. The van der Waals surface area contributed by atoms with Crippen molar-refractivity contribution in [2.75, 3.05) is 6.54 Å². The van der Waals surface area contributed by atoms with E-state index in [0.717, 1.165) is 30.1 Å². The molecule has 0 radical (unpaired) electrons. The highest BCUT2D eigenvalue weighted by Crippen LogP contribution is 2.23. The van der Waals surface area contributed by atoms with Crippen LogP contribution in [0.15, 0.2) is 0 Å². The minimum Gasteiger partial charge on any atom is -0.477 e. The van der Waals surface area contributed by atoms with Crippen LogP contribution in [0.2, 0.25) is 0 Å². The van der Waals surface area contributed by atoms with Crippen molar-refractivity contribution >= 4 is 17.3 Å². The summed E-state index contributed by atoms with van der Waals surface area (Å²) >= 11 is 1.35. The summed E-state index contributed by atoms with van der Waals surface area (Å²) in [5.74, 6) is -0.406. The zero-order chi connectivity index (χ0) is 13.1. The fraction of sp³-hybridized carbons (Fsp3) is 0.692. The highest BCUT2D eigenvalue weighted by molar-refractivity contribution is 7.13. The molecule has 2 heterocycles. The summed E-state index contributed by atoms with van der Waals surface area (Å²) in [6.45, 7) is 5.24. The summed E-state index contributed by atoms with van der Waals surface area (Å²) in [7, 11) is 0. The molecule has 1 aromatic heterocycles. The molecule has 1 fully saturated rings. The highest BCUT2D eigenvalue weighted by Gasteiger charge is 2.21. The number of thiazole rings is 1. The second-order valence-corrected chi connectivity index (χ2v) is 6.37. The molecule has 100 valence electrons. The van der Waals surface area contributed by atoms with Crippen molar-refractivity contribution in [1.29, 1.82) is 0 Å². The summed E-state index contributed by atoms with van der Waals surface area (Å²) in [6.07, 6.45) is 3.99. The second-order valence-electron chi connectivity index (χ2n) is 5.28. The maximum atomic E-state index is 11.2. The lowest BCUT2D eigenvalue weighted by molar-refractivity contribution is 0.0700. The van der Waals surface area contributed by atoms with E-state index in [1.165, 1.54) is 24.2 Å². The van der Waals surface area contributed by atoms with Crippen LogP contribution in [0.3, 0.4) is 0 Å². The number of carboxylic acid groups (broad SMARTS) is 1. The third-order valence-electron chi connectivity index (χ3n) is 3.12. The van der Waals surface area contributed by atoms with Crippen molar-refractivity contribution in [2.45, 2.75) is 45.6 Å². The fourth-order valence-corrected chi connectivity index (χ4v) is 3.33. The van der Waals surface area contributed by atoms with E-state index >= 15 is 0 Å². The molecule has 0 bridgehead atoms. The quantitative estimate of drug-likeness (QED) is 0.860. The van der Waals surface area contributed by atoms with Crippen LogP contribution in [0.25, 0.3) is 0 Å². The molecular weight excluding hydrogens is 248 g/mol. The topological polar surface area (TPSA) is 62.2 Å². The van der Waals surface area contributed by atoms with E-state index in [2.05, 4.69) is 24.1 Å². The minimum absolute atomic E-state index is 0.427. The average Bonchev–Trinajstić information content (AvgIpc) is 2.87. The molecule has 2 rings (SSSR count). The van der Waals surface area contributed by atoms with Gasteiger partial charge in [0.2, 0.25) is 0 Å². The predicted molar refractivity (Wildman–Crippen MR) is 72.3 cm³/mol. The molecule has 0 aromatic carbocycles.